The lowest BCUT2D eigenvalue weighted by Crippen LogP contribution is -2.43. The molecule has 1 atom stereocenters. The van der Waals surface area contributed by atoms with Crippen molar-refractivity contribution in [2.24, 2.45) is 11.3 Å². The van der Waals surface area contributed by atoms with E-state index in [4.69, 9.17) is 0 Å². The van der Waals surface area contributed by atoms with Gasteiger partial charge in [0.2, 0.25) is 5.91 Å². The molecular formula is C18H31NO3. The Labute approximate surface area is 134 Å². The van der Waals surface area contributed by atoms with E-state index in [0.29, 0.717) is 18.8 Å². The van der Waals surface area contributed by atoms with Crippen LogP contribution in [0.15, 0.2) is 0 Å². The molecule has 0 aromatic carbocycles. The Morgan fingerprint density at radius 3 is 2.32 bits per heavy atom. The van der Waals surface area contributed by atoms with Gasteiger partial charge in [0.15, 0.2) is 0 Å². The molecule has 126 valence electrons. The summed E-state index contributed by atoms with van der Waals surface area (Å²) in [5.74, 6) is -0.482. The molecule has 2 saturated carbocycles. The Morgan fingerprint density at radius 2 is 1.77 bits per heavy atom. The van der Waals surface area contributed by atoms with Crippen LogP contribution < -0.4 is 5.32 Å². The van der Waals surface area contributed by atoms with E-state index in [9.17, 15) is 14.7 Å². The van der Waals surface area contributed by atoms with Gasteiger partial charge in [0.1, 0.15) is 6.04 Å². The summed E-state index contributed by atoms with van der Waals surface area (Å²) in [5.41, 5.74) is 0.123. The first-order chi connectivity index (χ1) is 10.5. The molecule has 1 unspecified atom stereocenters. The molecule has 4 nitrogen and oxygen atoms in total. The van der Waals surface area contributed by atoms with Gasteiger partial charge in [-0.25, -0.2) is 4.79 Å². The number of aliphatic carboxylic acids is 1. The highest BCUT2D eigenvalue weighted by Crippen LogP contribution is 2.43. The molecule has 0 aromatic heterocycles. The number of amides is 1. The summed E-state index contributed by atoms with van der Waals surface area (Å²) >= 11 is 0. The van der Waals surface area contributed by atoms with Gasteiger partial charge in [-0.3, -0.25) is 4.79 Å². The zero-order valence-corrected chi connectivity index (χ0v) is 13.9. The summed E-state index contributed by atoms with van der Waals surface area (Å²) in [6.07, 6.45) is 12.6. The molecule has 0 saturated heterocycles. The highest BCUT2D eigenvalue weighted by atomic mass is 16.4. The number of carboxylic acids is 1. The Kier molecular flexibility index (Phi) is 6.27. The minimum absolute atomic E-state index is 0.0630. The van der Waals surface area contributed by atoms with E-state index in [-0.39, 0.29) is 11.3 Å². The number of hydrogen-bond acceptors (Lipinski definition) is 2. The third-order valence-electron chi connectivity index (χ3n) is 5.88. The fraction of sp³-hybridized carbons (Fsp3) is 0.889. The standard InChI is InChI=1S/C18H31NO3/c1-2-18(10-6-7-11-18)13-16(20)19-15(17(21)22)12-14-8-4-3-5-9-14/h14-15H,2-13H2,1H3,(H,19,20)(H,21,22). The summed E-state index contributed by atoms with van der Waals surface area (Å²) < 4.78 is 0. The van der Waals surface area contributed by atoms with E-state index in [1.165, 1.54) is 32.1 Å². The van der Waals surface area contributed by atoms with E-state index in [0.717, 1.165) is 32.1 Å². The normalized spacial score (nSPS) is 23.1. The van der Waals surface area contributed by atoms with Crippen LogP contribution >= 0.6 is 0 Å². The van der Waals surface area contributed by atoms with E-state index in [1.54, 1.807) is 0 Å². The van der Waals surface area contributed by atoms with Crippen molar-refractivity contribution in [3.63, 3.8) is 0 Å². The molecule has 0 heterocycles. The SMILES string of the molecule is CCC1(CC(=O)NC(CC2CCCCC2)C(=O)O)CCCC1. The second kappa shape index (κ2) is 7.98. The molecule has 4 heteroatoms. The number of nitrogens with one attached hydrogen (secondary N) is 1. The van der Waals surface area contributed by atoms with Gasteiger partial charge in [-0.15, -0.1) is 0 Å². The lowest BCUT2D eigenvalue weighted by atomic mass is 9.79. The maximum Gasteiger partial charge on any atom is 0.326 e. The molecule has 2 aliphatic carbocycles. The van der Waals surface area contributed by atoms with Crippen LogP contribution in [0.25, 0.3) is 0 Å². The van der Waals surface area contributed by atoms with E-state index < -0.39 is 12.0 Å². The Morgan fingerprint density at radius 1 is 1.14 bits per heavy atom. The van der Waals surface area contributed by atoms with E-state index in [2.05, 4.69) is 12.2 Å². The first kappa shape index (κ1) is 17.3. The number of carbonyl (C=O) groups excluding carboxylic acids is 1. The predicted octanol–water partition coefficient (Wildman–Crippen LogP) is 3.89. The molecule has 2 rings (SSSR count). The maximum atomic E-state index is 12.3. The molecule has 0 aliphatic heterocycles. The number of rotatable bonds is 7. The third-order valence-corrected chi connectivity index (χ3v) is 5.88. The summed E-state index contributed by atoms with van der Waals surface area (Å²) in [6.45, 7) is 2.15. The predicted molar refractivity (Wildman–Crippen MR) is 86.6 cm³/mol. The second-order valence-electron chi connectivity index (χ2n) is 7.44. The summed E-state index contributed by atoms with van der Waals surface area (Å²) in [7, 11) is 0. The molecule has 22 heavy (non-hydrogen) atoms. The minimum Gasteiger partial charge on any atom is -0.480 e. The van der Waals surface area contributed by atoms with Crippen LogP contribution in [-0.2, 0) is 9.59 Å². The highest BCUT2D eigenvalue weighted by molar-refractivity contribution is 5.83. The number of hydrogen-bond donors (Lipinski definition) is 2. The third kappa shape index (κ3) is 4.72. The lowest BCUT2D eigenvalue weighted by Gasteiger charge is -2.29. The molecule has 0 aromatic rings. The van der Waals surface area contributed by atoms with Gasteiger partial charge in [0.25, 0.3) is 0 Å². The van der Waals surface area contributed by atoms with Gasteiger partial charge in [-0.05, 0) is 37.0 Å². The quantitative estimate of drug-likeness (QED) is 0.750. The first-order valence-electron chi connectivity index (χ1n) is 9.07. The largest absolute Gasteiger partial charge is 0.480 e. The number of carbonyl (C=O) groups is 2. The lowest BCUT2D eigenvalue weighted by molar-refractivity contribution is -0.142. The topological polar surface area (TPSA) is 66.4 Å². The van der Waals surface area contributed by atoms with Crippen LogP contribution in [-0.4, -0.2) is 23.0 Å². The van der Waals surface area contributed by atoms with Gasteiger partial charge < -0.3 is 10.4 Å². The zero-order valence-electron chi connectivity index (χ0n) is 13.9. The summed E-state index contributed by atoms with van der Waals surface area (Å²) in [5, 5.41) is 12.2. The van der Waals surface area contributed by atoms with Gasteiger partial charge in [-0.2, -0.15) is 0 Å². The van der Waals surface area contributed by atoms with Crippen molar-refractivity contribution >= 4 is 11.9 Å². The smallest absolute Gasteiger partial charge is 0.326 e. The van der Waals surface area contributed by atoms with Crippen LogP contribution in [0.3, 0.4) is 0 Å². The Bertz CT molecular complexity index is 382. The average molecular weight is 309 g/mol. The minimum atomic E-state index is -0.879. The molecular weight excluding hydrogens is 278 g/mol. The van der Waals surface area contributed by atoms with Crippen LogP contribution in [0, 0.1) is 11.3 Å². The molecule has 2 N–H and O–H groups in total. The van der Waals surface area contributed by atoms with Crippen LogP contribution in [0.1, 0.15) is 84.0 Å². The first-order valence-corrected chi connectivity index (χ1v) is 9.07. The van der Waals surface area contributed by atoms with Gasteiger partial charge in [-0.1, -0.05) is 51.9 Å². The van der Waals surface area contributed by atoms with Crippen molar-refractivity contribution in [2.45, 2.75) is 90.0 Å². The monoisotopic (exact) mass is 309 g/mol. The molecule has 2 fully saturated rings. The second-order valence-corrected chi connectivity index (χ2v) is 7.44. The Hall–Kier alpha value is -1.06. The van der Waals surface area contributed by atoms with Crippen LogP contribution in [0.2, 0.25) is 0 Å². The number of carboxylic acid groups (broad SMARTS) is 1. The average Bonchev–Trinajstić information content (AvgIpc) is 2.96. The fourth-order valence-corrected chi connectivity index (χ4v) is 4.34. The van der Waals surface area contributed by atoms with Crippen LogP contribution in [0.4, 0.5) is 0 Å². The molecule has 2 aliphatic rings. The zero-order chi connectivity index (χ0) is 16.0. The molecule has 0 spiro atoms. The van der Waals surface area contributed by atoms with Gasteiger partial charge >= 0.3 is 5.97 Å². The van der Waals surface area contributed by atoms with Crippen molar-refractivity contribution in [3.05, 3.63) is 0 Å². The van der Waals surface area contributed by atoms with Gasteiger partial charge in [0.05, 0.1) is 0 Å². The fourth-order valence-electron chi connectivity index (χ4n) is 4.34. The summed E-state index contributed by atoms with van der Waals surface area (Å²) in [6, 6.07) is -0.703. The van der Waals surface area contributed by atoms with Crippen molar-refractivity contribution < 1.29 is 14.7 Å². The Balaban J connectivity index is 1.86. The van der Waals surface area contributed by atoms with Crippen molar-refractivity contribution in [3.8, 4) is 0 Å². The molecule has 0 bridgehead atoms. The molecule has 0 radical (unpaired) electrons. The van der Waals surface area contributed by atoms with Crippen molar-refractivity contribution in [2.75, 3.05) is 0 Å². The van der Waals surface area contributed by atoms with Crippen molar-refractivity contribution in [1.29, 1.82) is 0 Å². The van der Waals surface area contributed by atoms with Crippen LogP contribution in [0.5, 0.6) is 0 Å². The molecule has 1 amide bonds. The highest BCUT2D eigenvalue weighted by Gasteiger charge is 2.35. The van der Waals surface area contributed by atoms with Gasteiger partial charge in [0, 0.05) is 6.42 Å². The summed E-state index contributed by atoms with van der Waals surface area (Å²) in [4.78, 5) is 23.8. The maximum absolute atomic E-state index is 12.3. The van der Waals surface area contributed by atoms with Crippen molar-refractivity contribution in [1.82, 2.24) is 5.32 Å². The van der Waals surface area contributed by atoms with E-state index in [1.807, 2.05) is 0 Å². The van der Waals surface area contributed by atoms with E-state index >= 15 is 0 Å².